The van der Waals surface area contributed by atoms with Gasteiger partial charge in [0.05, 0.1) is 37.2 Å². The van der Waals surface area contributed by atoms with Crippen LogP contribution in [0.5, 0.6) is 0 Å². The maximum atomic E-state index is 13.9. The van der Waals surface area contributed by atoms with Crippen molar-refractivity contribution < 1.29 is 14.3 Å². The summed E-state index contributed by atoms with van der Waals surface area (Å²) in [4.78, 5) is 31.9. The van der Waals surface area contributed by atoms with Gasteiger partial charge >= 0.3 is 0 Å². The molecule has 2 heterocycles. The molecule has 1 saturated heterocycles. The number of nitrogens with zero attached hydrogens (tertiary/aromatic N) is 2. The smallest absolute Gasteiger partial charge is 0.239 e. The van der Waals surface area contributed by atoms with Gasteiger partial charge in [-0.2, -0.15) is 0 Å². The van der Waals surface area contributed by atoms with E-state index in [1.165, 1.54) is 5.56 Å². The first-order valence-electron chi connectivity index (χ1n) is 15.1. The lowest BCUT2D eigenvalue weighted by molar-refractivity contribution is -0.120. The fourth-order valence-electron chi connectivity index (χ4n) is 6.31. The Morgan fingerprint density at radius 1 is 1.05 bits per heavy atom. The molecule has 2 N–H and O–H groups in total. The molecule has 2 aliphatic heterocycles. The molecule has 5 rings (SSSR count). The fraction of sp³-hybridized carbons (Fsp3) is 0.529. The molecular formula is C34H46N4O3. The Morgan fingerprint density at radius 2 is 1.76 bits per heavy atom. The number of carbonyl (C=O) groups excluding carboxylic acids is 2. The first-order valence-corrected chi connectivity index (χ1v) is 15.1. The van der Waals surface area contributed by atoms with E-state index in [1.54, 1.807) is 0 Å². The maximum absolute atomic E-state index is 13.9. The largest absolute Gasteiger partial charge is 0.379 e. The van der Waals surface area contributed by atoms with Crippen molar-refractivity contribution in [1.29, 1.82) is 0 Å². The number of hydrogen-bond donors (Lipinski definition) is 2. The molecule has 1 aliphatic carbocycles. The minimum Gasteiger partial charge on any atom is -0.379 e. The van der Waals surface area contributed by atoms with Crippen LogP contribution in [0, 0.1) is 5.41 Å². The number of ketones is 1. The number of fused-ring (bicyclic) bond motifs is 1. The summed E-state index contributed by atoms with van der Waals surface area (Å²) in [5.74, 6) is 0.114. The summed E-state index contributed by atoms with van der Waals surface area (Å²) in [6.07, 6.45) is 2.16. The number of Topliss-reactive ketones (excluding diaryl/α,β-unsaturated/α-hetero) is 1. The van der Waals surface area contributed by atoms with E-state index in [4.69, 9.17) is 4.74 Å². The summed E-state index contributed by atoms with van der Waals surface area (Å²) in [7, 11) is 0. The van der Waals surface area contributed by atoms with Gasteiger partial charge in [0, 0.05) is 37.3 Å². The summed E-state index contributed by atoms with van der Waals surface area (Å²) >= 11 is 0. The molecule has 1 unspecified atom stereocenters. The molecule has 7 nitrogen and oxygen atoms in total. The Kier molecular flexibility index (Phi) is 8.57. The number of rotatable bonds is 7. The van der Waals surface area contributed by atoms with E-state index in [2.05, 4.69) is 85.4 Å². The van der Waals surface area contributed by atoms with E-state index < -0.39 is 0 Å². The number of hydrogen-bond acceptors (Lipinski definition) is 6. The SMILES string of the molecule is CC1(C)CC(=O)C2=C(C1)Nc1ccccc1N(CC(=O)NCCCN1CCOCC1)C2c1ccc(C(C)(C)C)cc1. The Labute approximate surface area is 245 Å². The van der Waals surface area contributed by atoms with Crippen molar-refractivity contribution in [3.05, 3.63) is 70.9 Å². The third kappa shape index (κ3) is 6.84. The number of para-hydroxylation sites is 2. The van der Waals surface area contributed by atoms with Crippen LogP contribution in [-0.2, 0) is 19.7 Å². The van der Waals surface area contributed by atoms with Gasteiger partial charge in [-0.1, -0.05) is 71.0 Å². The predicted octanol–water partition coefficient (Wildman–Crippen LogP) is 5.44. The van der Waals surface area contributed by atoms with Crippen LogP contribution in [0.15, 0.2) is 59.8 Å². The summed E-state index contributed by atoms with van der Waals surface area (Å²) in [6.45, 7) is 16.1. The second-order valence-corrected chi connectivity index (χ2v) is 13.5. The highest BCUT2D eigenvalue weighted by atomic mass is 16.5. The zero-order valence-electron chi connectivity index (χ0n) is 25.4. The first-order chi connectivity index (χ1) is 19.5. The van der Waals surface area contributed by atoms with Gasteiger partial charge in [0.2, 0.25) is 5.91 Å². The van der Waals surface area contributed by atoms with Gasteiger partial charge in [0.1, 0.15) is 0 Å². The number of benzene rings is 2. The number of carbonyl (C=O) groups is 2. The van der Waals surface area contributed by atoms with Crippen molar-refractivity contribution in [2.75, 3.05) is 56.2 Å². The third-order valence-corrected chi connectivity index (χ3v) is 8.49. The Hall–Kier alpha value is -3.16. The molecule has 2 aromatic carbocycles. The third-order valence-electron chi connectivity index (χ3n) is 8.49. The van der Waals surface area contributed by atoms with E-state index in [9.17, 15) is 9.59 Å². The van der Waals surface area contributed by atoms with E-state index >= 15 is 0 Å². The monoisotopic (exact) mass is 558 g/mol. The predicted molar refractivity (Wildman–Crippen MR) is 165 cm³/mol. The quantitative estimate of drug-likeness (QED) is 0.441. The zero-order chi connectivity index (χ0) is 29.2. The molecule has 3 aliphatic rings. The number of anilines is 2. The molecule has 0 spiro atoms. The second-order valence-electron chi connectivity index (χ2n) is 13.5. The molecule has 0 radical (unpaired) electrons. The van der Waals surface area contributed by atoms with Gasteiger partial charge in [-0.25, -0.2) is 0 Å². The standard InChI is InChI=1S/C34H46N4O3/c1-33(2,3)25-13-11-24(12-14-25)32-31-27(21-34(4,5)22-29(31)39)36-26-9-6-7-10-28(26)38(32)23-30(40)35-15-8-16-37-17-19-41-20-18-37/h6-7,9-14,32,36H,8,15-23H2,1-5H3,(H,35,40). The minimum absolute atomic E-state index is 0.0199. The van der Waals surface area contributed by atoms with Crippen LogP contribution in [0.2, 0.25) is 0 Å². The van der Waals surface area contributed by atoms with Crippen molar-refractivity contribution in [2.45, 2.75) is 65.3 Å². The number of nitrogens with one attached hydrogen (secondary N) is 2. The van der Waals surface area contributed by atoms with Crippen LogP contribution in [0.4, 0.5) is 11.4 Å². The van der Waals surface area contributed by atoms with Crippen LogP contribution in [0.1, 0.15) is 71.0 Å². The molecule has 0 bridgehead atoms. The number of ether oxygens (including phenoxy) is 1. The van der Waals surface area contributed by atoms with Crippen LogP contribution >= 0.6 is 0 Å². The number of morpholine rings is 1. The maximum Gasteiger partial charge on any atom is 0.239 e. The Morgan fingerprint density at radius 3 is 2.46 bits per heavy atom. The molecule has 1 amide bonds. The number of amides is 1. The number of allylic oxidation sites excluding steroid dienone is 1. The lowest BCUT2D eigenvalue weighted by atomic mass is 9.73. The molecule has 0 saturated carbocycles. The fourth-order valence-corrected chi connectivity index (χ4v) is 6.31. The molecule has 220 valence electrons. The average molecular weight is 559 g/mol. The topological polar surface area (TPSA) is 73.9 Å². The van der Waals surface area contributed by atoms with Crippen molar-refractivity contribution in [2.24, 2.45) is 5.41 Å². The van der Waals surface area contributed by atoms with Crippen molar-refractivity contribution in [3.63, 3.8) is 0 Å². The molecule has 2 aromatic rings. The average Bonchev–Trinajstić information content (AvgIpc) is 3.05. The van der Waals surface area contributed by atoms with E-state index in [-0.39, 0.29) is 35.1 Å². The minimum atomic E-state index is -0.363. The highest BCUT2D eigenvalue weighted by Gasteiger charge is 2.42. The molecule has 7 heteroatoms. The summed E-state index contributed by atoms with van der Waals surface area (Å²) in [5, 5.41) is 6.80. The molecule has 41 heavy (non-hydrogen) atoms. The highest BCUT2D eigenvalue weighted by molar-refractivity contribution is 6.01. The van der Waals surface area contributed by atoms with Gasteiger partial charge in [0.25, 0.3) is 0 Å². The van der Waals surface area contributed by atoms with Gasteiger partial charge in [-0.3, -0.25) is 14.5 Å². The molecule has 0 aromatic heterocycles. The Balaban J connectivity index is 1.46. The van der Waals surface area contributed by atoms with Gasteiger partial charge in [-0.15, -0.1) is 0 Å². The first kappa shape index (κ1) is 29.3. The molecule has 1 atom stereocenters. The van der Waals surface area contributed by atoms with Crippen LogP contribution in [0.3, 0.4) is 0 Å². The van der Waals surface area contributed by atoms with E-state index in [0.29, 0.717) is 13.0 Å². The van der Waals surface area contributed by atoms with Gasteiger partial charge < -0.3 is 20.3 Å². The van der Waals surface area contributed by atoms with Crippen LogP contribution in [-0.4, -0.2) is 62.5 Å². The van der Waals surface area contributed by atoms with Crippen LogP contribution in [0.25, 0.3) is 0 Å². The summed E-state index contributed by atoms with van der Waals surface area (Å²) < 4.78 is 5.44. The lowest BCUT2D eigenvalue weighted by Gasteiger charge is -2.38. The zero-order valence-corrected chi connectivity index (χ0v) is 25.4. The van der Waals surface area contributed by atoms with E-state index in [1.807, 2.05) is 18.2 Å². The normalized spacial score (nSPS) is 21.0. The van der Waals surface area contributed by atoms with Crippen LogP contribution < -0.4 is 15.5 Å². The Bertz CT molecular complexity index is 1290. The lowest BCUT2D eigenvalue weighted by Crippen LogP contribution is -2.43. The van der Waals surface area contributed by atoms with Gasteiger partial charge in [-0.05, 0) is 53.5 Å². The highest BCUT2D eigenvalue weighted by Crippen LogP contribution is 2.48. The molecular weight excluding hydrogens is 512 g/mol. The summed E-state index contributed by atoms with van der Waals surface area (Å²) in [5.41, 5.74) is 5.76. The van der Waals surface area contributed by atoms with E-state index in [0.717, 1.165) is 73.9 Å². The second kappa shape index (κ2) is 12.0. The summed E-state index contributed by atoms with van der Waals surface area (Å²) in [6, 6.07) is 16.4. The van der Waals surface area contributed by atoms with Crippen molar-refractivity contribution in [3.8, 4) is 0 Å². The molecule has 1 fully saturated rings. The van der Waals surface area contributed by atoms with Crippen molar-refractivity contribution >= 4 is 23.1 Å². The van der Waals surface area contributed by atoms with Crippen molar-refractivity contribution in [1.82, 2.24) is 10.2 Å². The van der Waals surface area contributed by atoms with Gasteiger partial charge in [0.15, 0.2) is 5.78 Å².